The molecule has 0 fully saturated rings. The first-order chi connectivity index (χ1) is 7.89. The van der Waals surface area contributed by atoms with E-state index in [2.05, 4.69) is 15.1 Å². The molecule has 2 N–H and O–H groups in total. The molecule has 0 bridgehead atoms. The predicted octanol–water partition coefficient (Wildman–Crippen LogP) is 2.08. The van der Waals surface area contributed by atoms with Gasteiger partial charge < -0.3 is 14.7 Å². The lowest BCUT2D eigenvalue weighted by molar-refractivity contribution is 0.303. The van der Waals surface area contributed by atoms with E-state index < -0.39 is 0 Å². The SMILES string of the molecule is Cc1ncoc1-c1nc(C(N)C(C)(C)C)no1. The fraction of sp³-hybridized carbons (Fsp3) is 0.545. The van der Waals surface area contributed by atoms with Crippen molar-refractivity contribution in [2.75, 3.05) is 0 Å². The first kappa shape index (κ1) is 11.8. The van der Waals surface area contributed by atoms with Crippen molar-refractivity contribution in [3.05, 3.63) is 17.9 Å². The fourth-order valence-corrected chi connectivity index (χ4v) is 1.35. The summed E-state index contributed by atoms with van der Waals surface area (Å²) >= 11 is 0. The van der Waals surface area contributed by atoms with Gasteiger partial charge in [-0.15, -0.1) is 0 Å². The average molecular weight is 236 g/mol. The summed E-state index contributed by atoms with van der Waals surface area (Å²) in [5.41, 5.74) is 6.63. The summed E-state index contributed by atoms with van der Waals surface area (Å²) in [7, 11) is 0. The van der Waals surface area contributed by atoms with Crippen molar-refractivity contribution in [2.45, 2.75) is 33.7 Å². The molecule has 0 amide bonds. The molecule has 2 aromatic rings. The molecule has 0 radical (unpaired) electrons. The minimum atomic E-state index is -0.289. The summed E-state index contributed by atoms with van der Waals surface area (Å²) < 4.78 is 10.3. The van der Waals surface area contributed by atoms with Crippen molar-refractivity contribution in [2.24, 2.45) is 11.1 Å². The largest absolute Gasteiger partial charge is 0.438 e. The minimum Gasteiger partial charge on any atom is -0.438 e. The number of hydrogen-bond acceptors (Lipinski definition) is 6. The van der Waals surface area contributed by atoms with E-state index in [0.29, 0.717) is 23.2 Å². The van der Waals surface area contributed by atoms with Gasteiger partial charge in [-0.3, -0.25) is 0 Å². The second kappa shape index (κ2) is 3.96. The molecule has 0 aromatic carbocycles. The zero-order valence-corrected chi connectivity index (χ0v) is 10.4. The van der Waals surface area contributed by atoms with Crippen LogP contribution in [0.2, 0.25) is 0 Å². The van der Waals surface area contributed by atoms with E-state index in [1.54, 1.807) is 0 Å². The smallest absolute Gasteiger partial charge is 0.295 e. The van der Waals surface area contributed by atoms with Gasteiger partial charge in [0.25, 0.3) is 5.89 Å². The van der Waals surface area contributed by atoms with Crippen molar-refractivity contribution < 1.29 is 8.94 Å². The number of nitrogens with zero attached hydrogens (tertiary/aromatic N) is 3. The molecule has 0 aliphatic carbocycles. The zero-order chi connectivity index (χ0) is 12.6. The van der Waals surface area contributed by atoms with Crippen molar-refractivity contribution in [3.63, 3.8) is 0 Å². The number of oxazole rings is 1. The number of aromatic nitrogens is 3. The highest BCUT2D eigenvalue weighted by molar-refractivity contribution is 5.46. The third-order valence-electron chi connectivity index (χ3n) is 2.59. The molecular weight excluding hydrogens is 220 g/mol. The van der Waals surface area contributed by atoms with Crippen LogP contribution in [0.15, 0.2) is 15.3 Å². The molecule has 0 saturated carbocycles. The lowest BCUT2D eigenvalue weighted by atomic mass is 9.87. The summed E-state index contributed by atoms with van der Waals surface area (Å²) in [6.45, 7) is 7.88. The maximum absolute atomic E-state index is 6.05. The second-order valence-electron chi connectivity index (χ2n) is 5.07. The van der Waals surface area contributed by atoms with Gasteiger partial charge >= 0.3 is 0 Å². The summed E-state index contributed by atoms with van der Waals surface area (Å²) in [5, 5.41) is 3.88. The van der Waals surface area contributed by atoms with Crippen molar-refractivity contribution >= 4 is 0 Å². The van der Waals surface area contributed by atoms with Crippen molar-refractivity contribution in [1.29, 1.82) is 0 Å². The number of hydrogen-bond donors (Lipinski definition) is 1. The summed E-state index contributed by atoms with van der Waals surface area (Å²) in [6.07, 6.45) is 1.35. The van der Waals surface area contributed by atoms with Crippen LogP contribution in [-0.4, -0.2) is 15.1 Å². The molecule has 92 valence electrons. The van der Waals surface area contributed by atoms with Crippen LogP contribution in [-0.2, 0) is 0 Å². The first-order valence-corrected chi connectivity index (χ1v) is 5.39. The third kappa shape index (κ3) is 2.21. The average Bonchev–Trinajstić information content (AvgIpc) is 2.83. The van der Waals surface area contributed by atoms with Crippen molar-refractivity contribution in [1.82, 2.24) is 15.1 Å². The quantitative estimate of drug-likeness (QED) is 0.858. The standard InChI is InChI=1S/C11H16N4O2/c1-6-7(16-5-13-6)10-14-9(15-17-10)8(12)11(2,3)4/h5,8H,12H2,1-4H3. The molecule has 17 heavy (non-hydrogen) atoms. The van der Waals surface area contributed by atoms with Crippen LogP contribution in [0, 0.1) is 12.3 Å². The molecule has 0 saturated heterocycles. The highest BCUT2D eigenvalue weighted by atomic mass is 16.5. The monoisotopic (exact) mass is 236 g/mol. The van der Waals surface area contributed by atoms with Gasteiger partial charge in [0.2, 0.25) is 5.76 Å². The Balaban J connectivity index is 2.31. The minimum absolute atomic E-state index is 0.127. The summed E-state index contributed by atoms with van der Waals surface area (Å²) in [5.74, 6) is 1.28. The van der Waals surface area contributed by atoms with Gasteiger partial charge in [-0.2, -0.15) is 4.98 Å². The van der Waals surface area contributed by atoms with E-state index in [0.717, 1.165) is 0 Å². The van der Waals surface area contributed by atoms with E-state index in [4.69, 9.17) is 14.7 Å². The Morgan fingerprint density at radius 2 is 2.06 bits per heavy atom. The number of aryl methyl sites for hydroxylation is 1. The van der Waals surface area contributed by atoms with Crippen molar-refractivity contribution in [3.8, 4) is 11.7 Å². The molecule has 2 heterocycles. The van der Waals surface area contributed by atoms with Gasteiger partial charge in [0.15, 0.2) is 12.2 Å². The lowest BCUT2D eigenvalue weighted by Crippen LogP contribution is -2.27. The molecule has 6 heteroatoms. The summed E-state index contributed by atoms with van der Waals surface area (Å²) in [6, 6.07) is -0.289. The Bertz CT molecular complexity index is 510. The van der Waals surface area contributed by atoms with Crippen LogP contribution in [0.1, 0.15) is 38.3 Å². The first-order valence-electron chi connectivity index (χ1n) is 5.39. The van der Waals surface area contributed by atoms with E-state index in [9.17, 15) is 0 Å². The normalized spacial score (nSPS) is 13.9. The predicted molar refractivity (Wildman–Crippen MR) is 60.9 cm³/mol. The van der Waals surface area contributed by atoms with Gasteiger partial charge in [0.1, 0.15) is 0 Å². The van der Waals surface area contributed by atoms with Gasteiger partial charge in [0.05, 0.1) is 11.7 Å². The fourth-order valence-electron chi connectivity index (χ4n) is 1.35. The molecule has 0 spiro atoms. The molecule has 2 aromatic heterocycles. The second-order valence-corrected chi connectivity index (χ2v) is 5.07. The Kier molecular flexibility index (Phi) is 2.74. The van der Waals surface area contributed by atoms with E-state index in [1.807, 2.05) is 27.7 Å². The molecule has 1 unspecified atom stereocenters. The van der Waals surface area contributed by atoms with Gasteiger partial charge in [0, 0.05) is 0 Å². The third-order valence-corrected chi connectivity index (χ3v) is 2.59. The van der Waals surface area contributed by atoms with Crippen LogP contribution in [0.4, 0.5) is 0 Å². The molecule has 2 rings (SSSR count). The Morgan fingerprint density at radius 1 is 1.35 bits per heavy atom. The molecular formula is C11H16N4O2. The Hall–Kier alpha value is -1.69. The molecule has 0 aliphatic heterocycles. The van der Waals surface area contributed by atoms with E-state index in [1.165, 1.54) is 6.39 Å². The maximum Gasteiger partial charge on any atom is 0.295 e. The number of rotatable bonds is 2. The van der Waals surface area contributed by atoms with Gasteiger partial charge in [-0.25, -0.2) is 4.98 Å². The van der Waals surface area contributed by atoms with Crippen LogP contribution in [0.3, 0.4) is 0 Å². The Morgan fingerprint density at radius 3 is 2.59 bits per heavy atom. The summed E-state index contributed by atoms with van der Waals surface area (Å²) in [4.78, 5) is 8.21. The molecule has 0 aliphatic rings. The highest BCUT2D eigenvalue weighted by Crippen LogP contribution is 2.30. The number of nitrogens with two attached hydrogens (primary N) is 1. The Labute approximate surface area is 99.2 Å². The van der Waals surface area contributed by atoms with Crippen LogP contribution in [0.5, 0.6) is 0 Å². The highest BCUT2D eigenvalue weighted by Gasteiger charge is 2.27. The molecule has 6 nitrogen and oxygen atoms in total. The van der Waals surface area contributed by atoms with E-state index in [-0.39, 0.29) is 11.5 Å². The van der Waals surface area contributed by atoms with Crippen LogP contribution in [0.25, 0.3) is 11.7 Å². The lowest BCUT2D eigenvalue weighted by Gasteiger charge is -2.23. The van der Waals surface area contributed by atoms with Crippen LogP contribution >= 0.6 is 0 Å². The van der Waals surface area contributed by atoms with Gasteiger partial charge in [-0.1, -0.05) is 25.9 Å². The van der Waals surface area contributed by atoms with E-state index >= 15 is 0 Å². The topological polar surface area (TPSA) is 91.0 Å². The van der Waals surface area contributed by atoms with Gasteiger partial charge in [-0.05, 0) is 12.3 Å². The maximum atomic E-state index is 6.05. The van der Waals surface area contributed by atoms with Crippen LogP contribution < -0.4 is 5.73 Å². The zero-order valence-electron chi connectivity index (χ0n) is 10.4. The molecule has 1 atom stereocenters.